The molecule has 1 aliphatic rings. The predicted molar refractivity (Wildman–Crippen MR) is 120 cm³/mol. The van der Waals surface area contributed by atoms with Crippen LogP contribution >= 0.6 is 24.0 Å². The highest BCUT2D eigenvalue weighted by atomic mass is 127. The second kappa shape index (κ2) is 10.5. The summed E-state index contributed by atoms with van der Waals surface area (Å²) in [7, 11) is 3.82. The lowest BCUT2D eigenvalue weighted by atomic mass is 10.0. The fraction of sp³-hybridized carbons (Fsp3) is 0.500. The smallest absolute Gasteiger partial charge is 0.193 e. The average molecular weight is 483 g/mol. The Hall–Kier alpha value is -1.77. The Morgan fingerprint density at radius 1 is 1.37 bits per heavy atom. The van der Waals surface area contributed by atoms with Crippen LogP contribution in [0.1, 0.15) is 29.9 Å². The van der Waals surface area contributed by atoms with Gasteiger partial charge in [-0.1, -0.05) is 18.2 Å². The number of hydrogen-bond acceptors (Lipinski definition) is 3. The first-order valence-corrected chi connectivity index (χ1v) is 9.30. The first kappa shape index (κ1) is 21.5. The van der Waals surface area contributed by atoms with E-state index in [2.05, 4.69) is 39.5 Å². The number of nitrogens with one attached hydrogen (secondary N) is 1. The molecule has 2 heterocycles. The van der Waals surface area contributed by atoms with Crippen LogP contribution in [0, 0.1) is 6.92 Å². The Bertz CT molecular complexity index is 745. The van der Waals surface area contributed by atoms with Crippen molar-refractivity contribution in [2.75, 3.05) is 33.3 Å². The van der Waals surface area contributed by atoms with Crippen LogP contribution in [0.5, 0.6) is 5.75 Å². The molecule has 3 rings (SSSR count). The monoisotopic (exact) mass is 483 g/mol. The van der Waals surface area contributed by atoms with E-state index in [1.807, 2.05) is 43.2 Å². The largest absolute Gasteiger partial charge is 0.493 e. The molecule has 7 heteroatoms. The zero-order chi connectivity index (χ0) is 18.4. The number of aromatic nitrogens is 2. The zero-order valence-electron chi connectivity index (χ0n) is 16.4. The molecule has 0 saturated carbocycles. The SMILES string of the molecule is CN=C(NCCCOc1ccccc1C)N1CCC(c2cnn(C)c2)C1.I. The molecule has 0 bridgehead atoms. The van der Waals surface area contributed by atoms with Gasteiger partial charge in [0.1, 0.15) is 5.75 Å². The molecule has 0 spiro atoms. The normalized spacial score (nSPS) is 16.9. The van der Waals surface area contributed by atoms with Gasteiger partial charge in [0.05, 0.1) is 12.8 Å². The van der Waals surface area contributed by atoms with Gasteiger partial charge in [0.25, 0.3) is 0 Å². The molecular weight excluding hydrogens is 453 g/mol. The lowest BCUT2D eigenvalue weighted by molar-refractivity contribution is 0.308. The van der Waals surface area contributed by atoms with E-state index in [9.17, 15) is 0 Å². The number of rotatable bonds is 6. The highest BCUT2D eigenvalue weighted by Crippen LogP contribution is 2.26. The van der Waals surface area contributed by atoms with Gasteiger partial charge in [-0.3, -0.25) is 9.67 Å². The number of nitrogens with zero attached hydrogens (tertiary/aromatic N) is 4. The molecule has 27 heavy (non-hydrogen) atoms. The van der Waals surface area contributed by atoms with Crippen molar-refractivity contribution in [3.63, 3.8) is 0 Å². The summed E-state index contributed by atoms with van der Waals surface area (Å²) >= 11 is 0. The molecule has 0 amide bonds. The molecule has 1 N–H and O–H groups in total. The summed E-state index contributed by atoms with van der Waals surface area (Å²) in [5.41, 5.74) is 2.49. The number of aliphatic imine (C=N–C) groups is 1. The summed E-state index contributed by atoms with van der Waals surface area (Å²) < 4.78 is 7.73. The quantitative estimate of drug-likeness (QED) is 0.297. The van der Waals surface area contributed by atoms with Gasteiger partial charge in [-0.25, -0.2) is 0 Å². The molecule has 0 aliphatic carbocycles. The summed E-state index contributed by atoms with van der Waals surface area (Å²) in [6, 6.07) is 8.13. The van der Waals surface area contributed by atoms with Gasteiger partial charge in [-0.2, -0.15) is 5.10 Å². The van der Waals surface area contributed by atoms with Crippen LogP contribution in [0.25, 0.3) is 0 Å². The number of guanidine groups is 1. The third-order valence-electron chi connectivity index (χ3n) is 4.85. The van der Waals surface area contributed by atoms with Crippen molar-refractivity contribution in [3.8, 4) is 5.75 Å². The van der Waals surface area contributed by atoms with E-state index < -0.39 is 0 Å². The molecular formula is C20H30IN5O. The number of likely N-dealkylation sites (tertiary alicyclic amines) is 1. The summed E-state index contributed by atoms with van der Waals surface area (Å²) in [4.78, 5) is 6.78. The third-order valence-corrected chi connectivity index (χ3v) is 4.85. The van der Waals surface area contributed by atoms with Gasteiger partial charge < -0.3 is 15.0 Å². The fourth-order valence-corrected chi connectivity index (χ4v) is 3.38. The van der Waals surface area contributed by atoms with E-state index in [0.29, 0.717) is 12.5 Å². The average Bonchev–Trinajstić information content (AvgIpc) is 3.28. The number of para-hydroxylation sites is 1. The third kappa shape index (κ3) is 5.85. The van der Waals surface area contributed by atoms with E-state index in [4.69, 9.17) is 4.74 Å². The van der Waals surface area contributed by atoms with Crippen LogP contribution < -0.4 is 10.1 Å². The van der Waals surface area contributed by atoms with Gasteiger partial charge in [0.2, 0.25) is 0 Å². The number of aryl methyl sites for hydroxylation is 2. The lowest BCUT2D eigenvalue weighted by Gasteiger charge is -2.21. The van der Waals surface area contributed by atoms with Crippen molar-refractivity contribution >= 4 is 29.9 Å². The number of hydrogen-bond donors (Lipinski definition) is 1. The van der Waals surface area contributed by atoms with Crippen molar-refractivity contribution in [1.82, 2.24) is 20.0 Å². The van der Waals surface area contributed by atoms with Gasteiger partial charge in [-0.15, -0.1) is 24.0 Å². The topological polar surface area (TPSA) is 54.7 Å². The maximum atomic E-state index is 5.85. The van der Waals surface area contributed by atoms with Gasteiger partial charge in [0.15, 0.2) is 5.96 Å². The van der Waals surface area contributed by atoms with Crippen LogP contribution in [0.4, 0.5) is 0 Å². The van der Waals surface area contributed by atoms with Crippen LogP contribution in [0.2, 0.25) is 0 Å². The van der Waals surface area contributed by atoms with E-state index in [0.717, 1.165) is 44.2 Å². The molecule has 2 aromatic rings. The summed E-state index contributed by atoms with van der Waals surface area (Å²) in [6.45, 7) is 5.64. The molecule has 1 atom stereocenters. The molecule has 1 aliphatic heterocycles. The maximum Gasteiger partial charge on any atom is 0.193 e. The van der Waals surface area contributed by atoms with Crippen LogP contribution in [-0.2, 0) is 7.05 Å². The number of halogens is 1. The lowest BCUT2D eigenvalue weighted by Crippen LogP contribution is -2.40. The fourth-order valence-electron chi connectivity index (χ4n) is 3.38. The molecule has 1 fully saturated rings. The van der Waals surface area contributed by atoms with E-state index >= 15 is 0 Å². The number of benzene rings is 1. The van der Waals surface area contributed by atoms with Crippen molar-refractivity contribution in [2.24, 2.45) is 12.0 Å². The van der Waals surface area contributed by atoms with Crippen LogP contribution in [-0.4, -0.2) is 53.9 Å². The van der Waals surface area contributed by atoms with Gasteiger partial charge >= 0.3 is 0 Å². The van der Waals surface area contributed by atoms with E-state index in [1.165, 1.54) is 11.1 Å². The molecule has 1 aromatic carbocycles. The van der Waals surface area contributed by atoms with Crippen molar-refractivity contribution < 1.29 is 4.74 Å². The van der Waals surface area contributed by atoms with Crippen LogP contribution in [0.15, 0.2) is 41.7 Å². The van der Waals surface area contributed by atoms with Crippen molar-refractivity contribution in [1.29, 1.82) is 0 Å². The summed E-state index contributed by atoms with van der Waals surface area (Å²) in [5.74, 6) is 2.48. The molecule has 1 saturated heterocycles. The first-order valence-electron chi connectivity index (χ1n) is 9.30. The number of ether oxygens (including phenoxy) is 1. The Morgan fingerprint density at radius 2 is 2.19 bits per heavy atom. The Balaban J connectivity index is 0.00000261. The minimum Gasteiger partial charge on any atom is -0.493 e. The van der Waals surface area contributed by atoms with E-state index in [-0.39, 0.29) is 24.0 Å². The first-order chi connectivity index (χ1) is 12.7. The summed E-state index contributed by atoms with van der Waals surface area (Å²) in [5, 5.41) is 7.76. The maximum absolute atomic E-state index is 5.85. The zero-order valence-corrected chi connectivity index (χ0v) is 18.7. The molecule has 148 valence electrons. The van der Waals surface area contributed by atoms with Gasteiger partial charge in [-0.05, 0) is 37.0 Å². The highest BCUT2D eigenvalue weighted by Gasteiger charge is 2.26. The standard InChI is InChI=1S/C20H29N5O.HI/c1-16-7-4-5-8-19(16)26-12-6-10-22-20(21-2)25-11-9-17(15-25)18-13-23-24(3)14-18;/h4-5,7-8,13-14,17H,6,9-12,15H2,1-3H3,(H,21,22);1H. The second-order valence-electron chi connectivity index (χ2n) is 6.82. The molecule has 0 radical (unpaired) electrons. The summed E-state index contributed by atoms with van der Waals surface area (Å²) in [6.07, 6.45) is 6.18. The van der Waals surface area contributed by atoms with Gasteiger partial charge in [0, 0.05) is 45.8 Å². The predicted octanol–water partition coefficient (Wildman–Crippen LogP) is 3.18. The molecule has 1 unspecified atom stereocenters. The Morgan fingerprint density at radius 3 is 2.89 bits per heavy atom. The van der Waals surface area contributed by atoms with E-state index in [1.54, 1.807) is 0 Å². The molecule has 1 aromatic heterocycles. The Labute approximate surface area is 179 Å². The second-order valence-corrected chi connectivity index (χ2v) is 6.82. The molecule has 6 nitrogen and oxygen atoms in total. The minimum atomic E-state index is 0. The minimum absolute atomic E-state index is 0. The Kier molecular flexibility index (Phi) is 8.40. The van der Waals surface area contributed by atoms with Crippen LogP contribution in [0.3, 0.4) is 0 Å². The van der Waals surface area contributed by atoms with Crippen molar-refractivity contribution in [2.45, 2.75) is 25.7 Å². The van der Waals surface area contributed by atoms with Crippen molar-refractivity contribution in [3.05, 3.63) is 47.8 Å². The highest BCUT2D eigenvalue weighted by molar-refractivity contribution is 14.0.